The third-order valence-electron chi connectivity index (χ3n) is 4.41. The summed E-state index contributed by atoms with van der Waals surface area (Å²) in [6, 6.07) is 13.4. The normalized spacial score (nSPS) is 12.5. The Kier molecular flexibility index (Phi) is 6.72. The Labute approximate surface area is 175 Å². The molecule has 0 fully saturated rings. The van der Waals surface area contributed by atoms with E-state index in [0.717, 1.165) is 22.4 Å². The second-order valence-corrected chi connectivity index (χ2v) is 6.99. The van der Waals surface area contributed by atoms with Gasteiger partial charge in [0.25, 0.3) is 0 Å². The van der Waals surface area contributed by atoms with Crippen molar-refractivity contribution in [3.8, 4) is 17.1 Å². The lowest BCUT2D eigenvalue weighted by Crippen LogP contribution is -2.38. The van der Waals surface area contributed by atoms with Crippen molar-refractivity contribution in [1.82, 2.24) is 20.8 Å². The number of aromatic nitrogens is 2. The van der Waals surface area contributed by atoms with E-state index in [1.54, 1.807) is 26.3 Å². The highest BCUT2D eigenvalue weighted by atomic mass is 35.5. The summed E-state index contributed by atoms with van der Waals surface area (Å²) in [6.45, 7) is 4.45. The highest BCUT2D eigenvalue weighted by molar-refractivity contribution is 6.30. The third kappa shape index (κ3) is 5.26. The third-order valence-corrected chi connectivity index (χ3v) is 4.66. The van der Waals surface area contributed by atoms with Crippen LogP contribution in [0.1, 0.15) is 30.0 Å². The largest absolute Gasteiger partial charge is 0.496 e. The molecule has 0 bridgehead atoms. The van der Waals surface area contributed by atoms with E-state index >= 15 is 0 Å². The van der Waals surface area contributed by atoms with E-state index in [9.17, 15) is 0 Å². The first-order chi connectivity index (χ1) is 14.0. The zero-order valence-electron chi connectivity index (χ0n) is 16.9. The highest BCUT2D eigenvalue weighted by Gasteiger charge is 2.14. The predicted molar refractivity (Wildman–Crippen MR) is 114 cm³/mol. The fraction of sp³-hybridized carbons (Fsp3) is 0.286. The molecule has 0 aliphatic rings. The summed E-state index contributed by atoms with van der Waals surface area (Å²) in [5, 5.41) is 11.2. The molecule has 0 amide bonds. The lowest BCUT2D eigenvalue weighted by atomic mass is 10.0. The lowest BCUT2D eigenvalue weighted by Gasteiger charge is -2.20. The van der Waals surface area contributed by atoms with Gasteiger partial charge in [-0.15, -0.1) is 0 Å². The maximum absolute atomic E-state index is 5.92. The molecule has 1 aromatic heterocycles. The van der Waals surface area contributed by atoms with Crippen LogP contribution in [0.5, 0.6) is 5.75 Å². The lowest BCUT2D eigenvalue weighted by molar-refractivity contribution is 0.375. The van der Waals surface area contributed by atoms with Gasteiger partial charge >= 0.3 is 0 Å². The molecular weight excluding hydrogens is 390 g/mol. The minimum Gasteiger partial charge on any atom is -0.496 e. The molecule has 3 rings (SSSR count). The molecule has 1 unspecified atom stereocenters. The van der Waals surface area contributed by atoms with Crippen LogP contribution in [0, 0.1) is 6.92 Å². The van der Waals surface area contributed by atoms with Gasteiger partial charge in [-0.1, -0.05) is 34.5 Å². The summed E-state index contributed by atoms with van der Waals surface area (Å²) in [5.41, 5.74) is 3.06. The number of hydrogen-bond donors (Lipinski definition) is 2. The Hall–Kier alpha value is -3.06. The number of aliphatic imine (C=N–C) groups is 1. The zero-order chi connectivity index (χ0) is 20.8. The minimum atomic E-state index is -0.0108. The number of nitrogens with zero attached hydrogens (tertiary/aromatic N) is 3. The molecule has 0 aliphatic carbocycles. The van der Waals surface area contributed by atoms with Gasteiger partial charge in [-0.2, -0.15) is 4.98 Å². The van der Waals surface area contributed by atoms with E-state index in [1.165, 1.54) is 0 Å². The molecule has 2 aromatic carbocycles. The molecule has 0 aliphatic heterocycles. The number of methoxy groups -OCH3 is 1. The first-order valence-electron chi connectivity index (χ1n) is 9.20. The average molecular weight is 414 g/mol. The fourth-order valence-corrected chi connectivity index (χ4v) is 3.00. The maximum Gasteiger partial charge on any atom is 0.246 e. The van der Waals surface area contributed by atoms with Crippen molar-refractivity contribution in [2.75, 3.05) is 14.2 Å². The molecule has 0 saturated carbocycles. The minimum absolute atomic E-state index is 0.0108. The van der Waals surface area contributed by atoms with Gasteiger partial charge in [0.2, 0.25) is 11.7 Å². The number of benzene rings is 2. The summed E-state index contributed by atoms with van der Waals surface area (Å²) in [6.07, 6.45) is 0. The van der Waals surface area contributed by atoms with Crippen LogP contribution in [0.25, 0.3) is 11.4 Å². The maximum atomic E-state index is 5.92. The molecule has 3 aromatic rings. The van der Waals surface area contributed by atoms with Crippen molar-refractivity contribution >= 4 is 17.6 Å². The van der Waals surface area contributed by atoms with Crippen molar-refractivity contribution in [3.05, 3.63) is 64.5 Å². The van der Waals surface area contributed by atoms with Crippen LogP contribution in [0.15, 0.2) is 52.0 Å². The topological polar surface area (TPSA) is 84.6 Å². The van der Waals surface area contributed by atoms with Gasteiger partial charge < -0.3 is 19.9 Å². The Bertz CT molecular complexity index is 985. The zero-order valence-corrected chi connectivity index (χ0v) is 17.6. The van der Waals surface area contributed by atoms with E-state index in [4.69, 9.17) is 20.9 Å². The second-order valence-electron chi connectivity index (χ2n) is 6.56. The van der Waals surface area contributed by atoms with Gasteiger partial charge in [0.1, 0.15) is 5.75 Å². The van der Waals surface area contributed by atoms with Gasteiger partial charge in [-0.3, -0.25) is 4.99 Å². The second kappa shape index (κ2) is 9.43. The van der Waals surface area contributed by atoms with E-state index < -0.39 is 0 Å². The molecule has 0 radical (unpaired) electrons. The van der Waals surface area contributed by atoms with E-state index in [-0.39, 0.29) is 6.04 Å². The molecule has 29 heavy (non-hydrogen) atoms. The molecule has 8 heteroatoms. The van der Waals surface area contributed by atoms with Crippen molar-refractivity contribution < 1.29 is 9.26 Å². The SMILES string of the molecule is CN=C(NCc1nc(-c2ccc(Cl)cc2)no1)NC(C)c1cc(C)ccc1OC. The van der Waals surface area contributed by atoms with E-state index in [0.29, 0.717) is 29.2 Å². The summed E-state index contributed by atoms with van der Waals surface area (Å²) in [5.74, 6) is 2.42. The highest BCUT2D eigenvalue weighted by Crippen LogP contribution is 2.26. The first-order valence-corrected chi connectivity index (χ1v) is 9.58. The number of nitrogens with one attached hydrogen (secondary N) is 2. The molecule has 1 atom stereocenters. The van der Waals surface area contributed by atoms with Gasteiger partial charge in [0.15, 0.2) is 5.96 Å². The number of aryl methyl sites for hydroxylation is 1. The Morgan fingerprint density at radius 1 is 1.24 bits per heavy atom. The molecule has 2 N–H and O–H groups in total. The van der Waals surface area contributed by atoms with Crippen molar-refractivity contribution in [2.24, 2.45) is 4.99 Å². The average Bonchev–Trinajstić information content (AvgIpc) is 3.20. The first kappa shape index (κ1) is 20.7. The Balaban J connectivity index is 1.63. The Morgan fingerprint density at radius 2 is 2.00 bits per heavy atom. The number of hydrogen-bond acceptors (Lipinski definition) is 5. The smallest absolute Gasteiger partial charge is 0.246 e. The number of guanidine groups is 1. The Morgan fingerprint density at radius 3 is 2.69 bits per heavy atom. The van der Waals surface area contributed by atoms with Crippen molar-refractivity contribution in [1.29, 1.82) is 0 Å². The summed E-state index contributed by atoms with van der Waals surface area (Å²) in [7, 11) is 3.38. The summed E-state index contributed by atoms with van der Waals surface area (Å²) in [4.78, 5) is 8.68. The van der Waals surface area contributed by atoms with Crippen LogP contribution < -0.4 is 15.4 Å². The molecule has 152 valence electrons. The predicted octanol–water partition coefficient (Wildman–Crippen LogP) is 4.13. The number of ether oxygens (including phenoxy) is 1. The van der Waals surface area contributed by atoms with Gasteiger partial charge in [0.05, 0.1) is 19.7 Å². The van der Waals surface area contributed by atoms with Gasteiger partial charge in [-0.25, -0.2) is 0 Å². The summed E-state index contributed by atoms with van der Waals surface area (Å²) >= 11 is 5.92. The van der Waals surface area contributed by atoms with Crippen molar-refractivity contribution in [2.45, 2.75) is 26.4 Å². The van der Waals surface area contributed by atoms with Crippen LogP contribution in [0.4, 0.5) is 0 Å². The number of rotatable bonds is 6. The summed E-state index contributed by atoms with van der Waals surface area (Å²) < 4.78 is 10.8. The monoisotopic (exact) mass is 413 g/mol. The molecular formula is C21H24ClN5O2. The molecule has 1 heterocycles. The van der Waals surface area contributed by atoms with Gasteiger partial charge in [-0.05, 0) is 44.2 Å². The van der Waals surface area contributed by atoms with Crippen LogP contribution in [0.2, 0.25) is 5.02 Å². The van der Waals surface area contributed by atoms with Gasteiger partial charge in [0, 0.05) is 23.2 Å². The van der Waals surface area contributed by atoms with E-state index in [1.807, 2.05) is 24.3 Å². The molecule has 0 spiro atoms. The fourth-order valence-electron chi connectivity index (χ4n) is 2.87. The molecule has 7 nitrogen and oxygen atoms in total. The molecule has 0 saturated heterocycles. The van der Waals surface area contributed by atoms with Crippen LogP contribution in [-0.2, 0) is 6.54 Å². The quantitative estimate of drug-likeness (QED) is 0.467. The van der Waals surface area contributed by atoms with E-state index in [2.05, 4.69) is 45.7 Å². The van der Waals surface area contributed by atoms with Crippen LogP contribution in [0.3, 0.4) is 0 Å². The van der Waals surface area contributed by atoms with Crippen LogP contribution in [-0.4, -0.2) is 30.3 Å². The standard InChI is InChI=1S/C21H24ClN5O2/c1-13-5-10-18(28-4)17(11-13)14(2)25-21(23-3)24-12-19-26-20(27-29-19)15-6-8-16(22)9-7-15/h5-11,14H,12H2,1-4H3,(H2,23,24,25). The van der Waals surface area contributed by atoms with Crippen molar-refractivity contribution in [3.63, 3.8) is 0 Å². The number of halogens is 1. The van der Waals surface area contributed by atoms with Crippen LogP contribution >= 0.6 is 11.6 Å².